The standard InChI is InChI=1S/C29H29N5O2/c30-24-8-4-5-15-34-27(24)26(23-9-10-25-22(18-23)11-14-31-25)32-28(34)21-12-16-33(17-13-21)29(35)36-19-20-6-2-1-3-7-20/h1-3,5-11,14-15,18,21,31H,4,12-13,16-17,19,30H2. The maximum absolute atomic E-state index is 12.7. The van der Waals surface area contributed by atoms with Crippen LogP contribution in [0.25, 0.3) is 34.1 Å². The van der Waals surface area contributed by atoms with Crippen LogP contribution in [0.2, 0.25) is 0 Å². The first-order valence-corrected chi connectivity index (χ1v) is 12.5. The van der Waals surface area contributed by atoms with Crippen LogP contribution in [0.5, 0.6) is 0 Å². The van der Waals surface area contributed by atoms with Gasteiger partial charge in [0, 0.05) is 47.9 Å². The van der Waals surface area contributed by atoms with Crippen LogP contribution in [0.3, 0.4) is 0 Å². The molecule has 7 heteroatoms. The minimum Gasteiger partial charge on any atom is -0.445 e. The number of carbonyl (C=O) groups excluding carboxylic acids is 1. The van der Waals surface area contributed by atoms with Gasteiger partial charge >= 0.3 is 6.09 Å². The average molecular weight is 480 g/mol. The fourth-order valence-corrected chi connectivity index (χ4v) is 5.16. The van der Waals surface area contributed by atoms with Crippen molar-refractivity contribution in [3.8, 4) is 11.3 Å². The van der Waals surface area contributed by atoms with Crippen molar-refractivity contribution in [2.45, 2.75) is 31.8 Å². The molecular weight excluding hydrogens is 450 g/mol. The first kappa shape index (κ1) is 22.2. The number of nitrogens with two attached hydrogens (primary N) is 1. The zero-order valence-electron chi connectivity index (χ0n) is 20.1. The highest BCUT2D eigenvalue weighted by Gasteiger charge is 2.30. The number of allylic oxidation sites excluding steroid dienone is 2. The number of rotatable bonds is 4. The third kappa shape index (κ3) is 4.17. The highest BCUT2D eigenvalue weighted by molar-refractivity contribution is 5.87. The van der Waals surface area contributed by atoms with Gasteiger partial charge in [-0.15, -0.1) is 0 Å². The number of ether oxygens (including phenoxy) is 1. The molecule has 0 spiro atoms. The second-order valence-electron chi connectivity index (χ2n) is 9.40. The molecule has 1 amide bonds. The molecule has 2 aromatic carbocycles. The second kappa shape index (κ2) is 9.41. The highest BCUT2D eigenvalue weighted by atomic mass is 16.6. The second-order valence-corrected chi connectivity index (χ2v) is 9.40. The maximum atomic E-state index is 12.7. The van der Waals surface area contributed by atoms with Crippen molar-refractivity contribution in [3.63, 3.8) is 0 Å². The van der Waals surface area contributed by atoms with E-state index >= 15 is 0 Å². The molecule has 182 valence electrons. The van der Waals surface area contributed by atoms with Crippen LogP contribution in [0.15, 0.2) is 72.9 Å². The van der Waals surface area contributed by atoms with Gasteiger partial charge in [0.15, 0.2) is 0 Å². The van der Waals surface area contributed by atoms with Crippen LogP contribution >= 0.6 is 0 Å². The summed E-state index contributed by atoms with van der Waals surface area (Å²) in [6.45, 7) is 1.57. The number of benzene rings is 2. The molecule has 0 radical (unpaired) electrons. The number of amides is 1. The Labute approximate surface area is 209 Å². The highest BCUT2D eigenvalue weighted by Crippen LogP contribution is 2.36. The monoisotopic (exact) mass is 479 g/mol. The normalized spacial score (nSPS) is 16.0. The Kier molecular flexibility index (Phi) is 5.81. The van der Waals surface area contributed by atoms with Gasteiger partial charge in [-0.05, 0) is 43.0 Å². The van der Waals surface area contributed by atoms with Gasteiger partial charge in [0.05, 0.1) is 17.1 Å². The minimum atomic E-state index is -0.258. The number of aromatic nitrogens is 3. The molecule has 0 atom stereocenters. The van der Waals surface area contributed by atoms with E-state index in [9.17, 15) is 4.79 Å². The smallest absolute Gasteiger partial charge is 0.410 e. The number of nitrogens with one attached hydrogen (secondary N) is 1. The first-order chi connectivity index (χ1) is 17.7. The van der Waals surface area contributed by atoms with E-state index in [1.165, 1.54) is 0 Å². The topological polar surface area (TPSA) is 89.2 Å². The molecule has 0 bridgehead atoms. The van der Waals surface area contributed by atoms with Crippen LogP contribution < -0.4 is 5.73 Å². The molecule has 0 unspecified atom stereocenters. The molecule has 4 aromatic rings. The Hall–Kier alpha value is -4.26. The summed E-state index contributed by atoms with van der Waals surface area (Å²) in [4.78, 5) is 22.9. The quantitative estimate of drug-likeness (QED) is 0.392. The van der Waals surface area contributed by atoms with Gasteiger partial charge in [-0.2, -0.15) is 0 Å². The molecule has 2 aliphatic heterocycles. The molecule has 1 fully saturated rings. The van der Waals surface area contributed by atoms with Crippen LogP contribution in [0.1, 0.15) is 42.3 Å². The van der Waals surface area contributed by atoms with Gasteiger partial charge < -0.3 is 24.9 Å². The Morgan fingerprint density at radius 3 is 2.78 bits per heavy atom. The van der Waals surface area contributed by atoms with Crippen molar-refractivity contribution in [2.75, 3.05) is 13.1 Å². The van der Waals surface area contributed by atoms with E-state index < -0.39 is 0 Å². The summed E-state index contributed by atoms with van der Waals surface area (Å²) in [5.74, 6) is 1.23. The SMILES string of the molecule is NC1=CCC=Cn2c(C3CCN(C(=O)OCc4ccccc4)CC3)nc(-c3ccc4[nH]ccc4c3)c21. The van der Waals surface area contributed by atoms with E-state index in [4.69, 9.17) is 15.5 Å². The molecule has 1 saturated heterocycles. The molecule has 0 saturated carbocycles. The molecule has 4 heterocycles. The average Bonchev–Trinajstić information content (AvgIpc) is 3.50. The Bertz CT molecular complexity index is 1460. The van der Waals surface area contributed by atoms with Gasteiger partial charge in [-0.25, -0.2) is 9.78 Å². The van der Waals surface area contributed by atoms with Crippen molar-refractivity contribution in [1.82, 2.24) is 19.4 Å². The Morgan fingerprint density at radius 1 is 1.11 bits per heavy atom. The lowest BCUT2D eigenvalue weighted by molar-refractivity contribution is 0.0866. The van der Waals surface area contributed by atoms with Crippen LogP contribution in [-0.4, -0.2) is 38.6 Å². The summed E-state index contributed by atoms with van der Waals surface area (Å²) in [5.41, 5.74) is 12.3. The van der Waals surface area contributed by atoms with Gasteiger partial charge in [-0.3, -0.25) is 0 Å². The number of likely N-dealkylation sites (tertiary alicyclic amines) is 1. The fraction of sp³-hybridized carbons (Fsp3) is 0.241. The summed E-state index contributed by atoms with van der Waals surface area (Å²) in [6, 6.07) is 18.2. The third-order valence-corrected chi connectivity index (χ3v) is 7.09. The van der Waals surface area contributed by atoms with E-state index in [2.05, 4.69) is 46.1 Å². The lowest BCUT2D eigenvalue weighted by atomic mass is 9.96. The molecule has 36 heavy (non-hydrogen) atoms. The predicted molar refractivity (Wildman–Crippen MR) is 142 cm³/mol. The summed E-state index contributed by atoms with van der Waals surface area (Å²) in [5, 5.41) is 1.14. The van der Waals surface area contributed by atoms with E-state index in [1.54, 1.807) is 4.90 Å². The van der Waals surface area contributed by atoms with Gasteiger partial charge in [0.1, 0.15) is 12.4 Å². The number of nitrogens with zero attached hydrogens (tertiary/aromatic N) is 3. The third-order valence-electron chi connectivity index (χ3n) is 7.09. The van der Waals surface area contributed by atoms with Crippen molar-refractivity contribution < 1.29 is 9.53 Å². The molecular formula is C29H29N5O2. The van der Waals surface area contributed by atoms with Crippen LogP contribution in [0.4, 0.5) is 4.79 Å². The number of hydrogen-bond acceptors (Lipinski definition) is 4. The van der Waals surface area contributed by atoms with Gasteiger partial charge in [-0.1, -0.05) is 48.6 Å². The maximum Gasteiger partial charge on any atom is 0.410 e. The number of hydrogen-bond donors (Lipinski definition) is 2. The van der Waals surface area contributed by atoms with E-state index in [1.807, 2.05) is 42.6 Å². The lowest BCUT2D eigenvalue weighted by Crippen LogP contribution is -2.38. The molecule has 2 aromatic heterocycles. The molecule has 6 rings (SSSR count). The Balaban J connectivity index is 1.23. The predicted octanol–water partition coefficient (Wildman–Crippen LogP) is 5.72. The first-order valence-electron chi connectivity index (χ1n) is 12.5. The van der Waals surface area contributed by atoms with Crippen LogP contribution in [-0.2, 0) is 11.3 Å². The van der Waals surface area contributed by atoms with Crippen molar-refractivity contribution in [2.24, 2.45) is 5.73 Å². The molecule has 2 aliphatic rings. The number of fused-ring (bicyclic) bond motifs is 2. The van der Waals surface area contributed by atoms with E-state index in [0.29, 0.717) is 19.7 Å². The van der Waals surface area contributed by atoms with Gasteiger partial charge in [0.2, 0.25) is 0 Å². The number of piperidine rings is 1. The minimum absolute atomic E-state index is 0.224. The van der Waals surface area contributed by atoms with E-state index in [0.717, 1.165) is 64.2 Å². The lowest BCUT2D eigenvalue weighted by Gasteiger charge is -2.31. The number of imidazole rings is 1. The molecule has 3 N–H and O–H groups in total. The number of H-pyrrole nitrogens is 1. The molecule has 7 nitrogen and oxygen atoms in total. The van der Waals surface area contributed by atoms with Crippen molar-refractivity contribution >= 4 is 28.9 Å². The van der Waals surface area contributed by atoms with E-state index in [-0.39, 0.29) is 12.0 Å². The zero-order valence-corrected chi connectivity index (χ0v) is 20.1. The molecule has 0 aliphatic carbocycles. The summed E-state index contributed by atoms with van der Waals surface area (Å²) >= 11 is 0. The summed E-state index contributed by atoms with van der Waals surface area (Å²) in [7, 11) is 0. The van der Waals surface area contributed by atoms with Crippen molar-refractivity contribution in [3.05, 3.63) is 90.0 Å². The van der Waals surface area contributed by atoms with Gasteiger partial charge in [0.25, 0.3) is 0 Å². The van der Waals surface area contributed by atoms with Crippen molar-refractivity contribution in [1.29, 1.82) is 0 Å². The largest absolute Gasteiger partial charge is 0.445 e. The summed E-state index contributed by atoms with van der Waals surface area (Å²) in [6.07, 6.45) is 10.4. The summed E-state index contributed by atoms with van der Waals surface area (Å²) < 4.78 is 7.70. The van der Waals surface area contributed by atoms with Crippen LogP contribution in [0, 0.1) is 0 Å². The number of carbonyl (C=O) groups is 1. The Morgan fingerprint density at radius 2 is 1.94 bits per heavy atom. The fourth-order valence-electron chi connectivity index (χ4n) is 5.16. The number of aromatic amines is 1. The zero-order chi connectivity index (χ0) is 24.5.